The molecular weight excluding hydrogens is 351 g/mol. The first kappa shape index (κ1) is 20.1. The number of hydrogen-bond donors (Lipinski definition) is 1. The van der Waals surface area contributed by atoms with Gasteiger partial charge in [0, 0.05) is 18.5 Å². The van der Waals surface area contributed by atoms with Crippen molar-refractivity contribution in [3.05, 3.63) is 71.7 Å². The molecule has 3 heterocycles. The van der Waals surface area contributed by atoms with Gasteiger partial charge in [-0.2, -0.15) is 0 Å². The van der Waals surface area contributed by atoms with Crippen LogP contribution in [0.25, 0.3) is 0 Å². The summed E-state index contributed by atoms with van der Waals surface area (Å²) in [4.78, 5) is 15.1. The maximum Gasteiger partial charge on any atom is 0.224 e. The first-order chi connectivity index (χ1) is 13.5. The number of carbonyl (C=O) groups is 1. The Bertz CT molecular complexity index is 832. The number of nitrogens with zero attached hydrogens (tertiary/aromatic N) is 1. The number of halogens is 1. The molecule has 0 aliphatic carbocycles. The number of fused-ring (bicyclic) bond motifs is 3. The molecule has 1 atom stereocenters. The average Bonchev–Trinajstić information content (AvgIpc) is 2.71. The van der Waals surface area contributed by atoms with Gasteiger partial charge in [0.1, 0.15) is 0 Å². The standard InChI is InChI=1S/C24H27FN2O/c1-3-23(21(15-18(2)25)10-9-19-7-5-4-6-8-19)26-24(28)16-22-17-27-13-11-20(22)12-14-27/h3-8,15,20,22H,1,11-14,16-17H2,2H3,(H,26,28)/b18-15+,23-21+. The largest absolute Gasteiger partial charge is 0.325 e. The molecule has 0 radical (unpaired) electrons. The minimum Gasteiger partial charge on any atom is -0.325 e. The van der Waals surface area contributed by atoms with E-state index in [1.807, 2.05) is 30.3 Å². The SMILES string of the molecule is C=C/C(NC(=O)CC1CN2CCC1CC2)=C(C#Cc1ccccc1)\C=C(/C)F. The summed E-state index contributed by atoms with van der Waals surface area (Å²) < 4.78 is 13.6. The van der Waals surface area contributed by atoms with E-state index in [1.165, 1.54) is 31.9 Å². The van der Waals surface area contributed by atoms with Gasteiger partial charge in [-0.25, -0.2) is 4.39 Å². The van der Waals surface area contributed by atoms with Crippen molar-refractivity contribution >= 4 is 5.91 Å². The van der Waals surface area contributed by atoms with Gasteiger partial charge >= 0.3 is 0 Å². The fraction of sp³-hybridized carbons (Fsp3) is 0.375. The van der Waals surface area contributed by atoms with E-state index in [4.69, 9.17) is 0 Å². The molecule has 28 heavy (non-hydrogen) atoms. The number of nitrogens with one attached hydrogen (secondary N) is 1. The van der Waals surface area contributed by atoms with Crippen LogP contribution in [0.15, 0.2) is 66.2 Å². The maximum absolute atomic E-state index is 13.6. The van der Waals surface area contributed by atoms with Crippen LogP contribution in [0.4, 0.5) is 4.39 Å². The highest BCUT2D eigenvalue weighted by molar-refractivity contribution is 5.79. The van der Waals surface area contributed by atoms with Gasteiger partial charge in [-0.3, -0.25) is 4.79 Å². The summed E-state index contributed by atoms with van der Waals surface area (Å²) in [7, 11) is 0. The van der Waals surface area contributed by atoms with E-state index < -0.39 is 0 Å². The smallest absolute Gasteiger partial charge is 0.224 e. The van der Waals surface area contributed by atoms with E-state index in [-0.39, 0.29) is 11.7 Å². The Morgan fingerprint density at radius 1 is 1.32 bits per heavy atom. The van der Waals surface area contributed by atoms with Crippen molar-refractivity contribution in [3.63, 3.8) is 0 Å². The molecule has 0 spiro atoms. The molecule has 1 unspecified atom stereocenters. The van der Waals surface area contributed by atoms with Crippen molar-refractivity contribution in [1.29, 1.82) is 0 Å². The second-order valence-corrected chi connectivity index (χ2v) is 7.53. The Morgan fingerprint density at radius 3 is 2.61 bits per heavy atom. The number of allylic oxidation sites excluding steroid dienone is 4. The summed E-state index contributed by atoms with van der Waals surface area (Å²) in [5, 5.41) is 2.91. The molecule has 3 fully saturated rings. The lowest BCUT2D eigenvalue weighted by molar-refractivity contribution is -0.122. The lowest BCUT2D eigenvalue weighted by Gasteiger charge is -2.44. The highest BCUT2D eigenvalue weighted by atomic mass is 19.1. The van der Waals surface area contributed by atoms with Crippen LogP contribution in [-0.2, 0) is 4.79 Å². The topological polar surface area (TPSA) is 32.3 Å². The highest BCUT2D eigenvalue weighted by Crippen LogP contribution is 2.34. The van der Waals surface area contributed by atoms with Gasteiger partial charge < -0.3 is 10.2 Å². The van der Waals surface area contributed by atoms with E-state index in [0.29, 0.717) is 29.5 Å². The van der Waals surface area contributed by atoms with Crippen LogP contribution in [0.3, 0.4) is 0 Å². The molecule has 1 aromatic carbocycles. The molecule has 3 aliphatic rings. The normalized spacial score (nSPS) is 24.6. The Morgan fingerprint density at radius 2 is 2.04 bits per heavy atom. The average molecular weight is 378 g/mol. The molecule has 1 amide bonds. The van der Waals surface area contributed by atoms with E-state index in [1.54, 1.807) is 0 Å². The number of piperidine rings is 3. The zero-order valence-corrected chi connectivity index (χ0v) is 16.4. The summed E-state index contributed by atoms with van der Waals surface area (Å²) in [6, 6.07) is 9.48. The van der Waals surface area contributed by atoms with E-state index >= 15 is 0 Å². The molecule has 3 nitrogen and oxygen atoms in total. The first-order valence-corrected chi connectivity index (χ1v) is 9.85. The van der Waals surface area contributed by atoms with Crippen molar-refractivity contribution in [1.82, 2.24) is 10.2 Å². The van der Waals surface area contributed by atoms with Crippen molar-refractivity contribution in [2.75, 3.05) is 19.6 Å². The van der Waals surface area contributed by atoms with E-state index in [9.17, 15) is 9.18 Å². The summed E-state index contributed by atoms with van der Waals surface area (Å²) >= 11 is 0. The zero-order valence-electron chi connectivity index (χ0n) is 16.4. The van der Waals surface area contributed by atoms with Crippen LogP contribution in [0.5, 0.6) is 0 Å². The van der Waals surface area contributed by atoms with Gasteiger partial charge in [-0.05, 0) is 69.0 Å². The molecule has 3 aliphatic heterocycles. The number of hydrogen-bond acceptors (Lipinski definition) is 2. The third-order valence-corrected chi connectivity index (χ3v) is 5.47. The van der Waals surface area contributed by atoms with Crippen molar-refractivity contribution in [3.8, 4) is 11.8 Å². The Balaban J connectivity index is 1.75. The number of benzene rings is 1. The van der Waals surface area contributed by atoms with Gasteiger partial charge in [0.2, 0.25) is 5.91 Å². The lowest BCUT2D eigenvalue weighted by Crippen LogP contribution is -2.48. The third kappa shape index (κ3) is 5.43. The molecule has 3 saturated heterocycles. The lowest BCUT2D eigenvalue weighted by atomic mass is 9.77. The molecule has 1 N–H and O–H groups in total. The molecule has 4 rings (SSSR count). The summed E-state index contributed by atoms with van der Waals surface area (Å²) in [6.45, 7) is 8.44. The predicted molar refractivity (Wildman–Crippen MR) is 111 cm³/mol. The van der Waals surface area contributed by atoms with Crippen LogP contribution in [-0.4, -0.2) is 30.4 Å². The van der Waals surface area contributed by atoms with E-state index in [0.717, 1.165) is 25.2 Å². The Hall–Kier alpha value is -2.64. The fourth-order valence-electron chi connectivity index (χ4n) is 4.03. The molecule has 1 aromatic rings. The minimum absolute atomic E-state index is 0.0578. The first-order valence-electron chi connectivity index (χ1n) is 9.85. The highest BCUT2D eigenvalue weighted by Gasteiger charge is 2.35. The number of carbonyl (C=O) groups excluding carboxylic acids is 1. The Labute approximate surface area is 167 Å². The zero-order chi connectivity index (χ0) is 19.9. The fourth-order valence-corrected chi connectivity index (χ4v) is 4.03. The maximum atomic E-state index is 13.6. The van der Waals surface area contributed by atoms with Crippen molar-refractivity contribution in [2.24, 2.45) is 11.8 Å². The molecule has 0 aromatic heterocycles. The van der Waals surface area contributed by atoms with Crippen LogP contribution in [0.2, 0.25) is 0 Å². The second kappa shape index (κ2) is 9.52. The quantitative estimate of drug-likeness (QED) is 0.615. The molecule has 146 valence electrons. The van der Waals surface area contributed by atoms with Gasteiger partial charge in [0.15, 0.2) is 0 Å². The predicted octanol–water partition coefficient (Wildman–Crippen LogP) is 4.20. The summed E-state index contributed by atoms with van der Waals surface area (Å²) in [6.07, 6.45) is 5.71. The summed E-state index contributed by atoms with van der Waals surface area (Å²) in [5.74, 6) is 6.59. The van der Waals surface area contributed by atoms with E-state index in [2.05, 4.69) is 28.6 Å². The van der Waals surface area contributed by atoms with Crippen LogP contribution in [0.1, 0.15) is 31.7 Å². The van der Waals surface area contributed by atoms with Gasteiger partial charge in [-0.1, -0.05) is 36.6 Å². The molecule has 0 saturated carbocycles. The molecule has 4 heteroatoms. The summed E-state index contributed by atoms with van der Waals surface area (Å²) in [5.41, 5.74) is 1.69. The molecular formula is C24H27FN2O. The van der Waals surface area contributed by atoms with Crippen LogP contribution < -0.4 is 5.32 Å². The monoisotopic (exact) mass is 378 g/mol. The molecule has 2 bridgehead atoms. The van der Waals surface area contributed by atoms with Crippen molar-refractivity contribution < 1.29 is 9.18 Å². The minimum atomic E-state index is -0.372. The second-order valence-electron chi connectivity index (χ2n) is 7.53. The van der Waals surface area contributed by atoms with Crippen molar-refractivity contribution in [2.45, 2.75) is 26.2 Å². The number of amides is 1. The number of rotatable bonds is 5. The third-order valence-electron chi connectivity index (χ3n) is 5.47. The van der Waals surface area contributed by atoms with Gasteiger partial charge in [0.25, 0.3) is 0 Å². The Kier molecular flexibility index (Phi) is 6.84. The van der Waals surface area contributed by atoms with Crippen LogP contribution in [0, 0.1) is 23.7 Å². The van der Waals surface area contributed by atoms with Gasteiger partial charge in [-0.15, -0.1) is 0 Å². The van der Waals surface area contributed by atoms with Gasteiger partial charge in [0.05, 0.1) is 17.1 Å². The van der Waals surface area contributed by atoms with Crippen LogP contribution >= 0.6 is 0 Å².